The van der Waals surface area contributed by atoms with Crippen molar-refractivity contribution in [3.8, 4) is 0 Å². The fourth-order valence-corrected chi connectivity index (χ4v) is 4.06. The van der Waals surface area contributed by atoms with E-state index in [0.717, 1.165) is 30.0 Å². The van der Waals surface area contributed by atoms with Gasteiger partial charge < -0.3 is 0 Å². The van der Waals surface area contributed by atoms with Crippen molar-refractivity contribution in [1.29, 1.82) is 0 Å². The molecule has 0 aromatic rings. The maximum Gasteiger partial charge on any atom is 0.278 e. The molecule has 0 bridgehead atoms. The van der Waals surface area contributed by atoms with Crippen LogP contribution in [0.15, 0.2) is 0 Å². The van der Waals surface area contributed by atoms with Crippen LogP contribution in [0.3, 0.4) is 0 Å². The van der Waals surface area contributed by atoms with Gasteiger partial charge in [-0.2, -0.15) is 12.7 Å². The fourth-order valence-electron chi connectivity index (χ4n) is 1.88. The molecule has 114 valence electrons. The first-order chi connectivity index (χ1) is 8.76. The Kier molecular flexibility index (Phi) is 6.18. The first-order valence-electron chi connectivity index (χ1n) is 6.41. The molecule has 0 amide bonds. The van der Waals surface area contributed by atoms with Crippen molar-refractivity contribution in [3.05, 3.63) is 0 Å². The topological polar surface area (TPSA) is 86.8 Å². The van der Waals surface area contributed by atoms with E-state index in [2.05, 4.69) is 4.72 Å². The highest BCUT2D eigenvalue weighted by Crippen LogP contribution is 2.13. The summed E-state index contributed by atoms with van der Waals surface area (Å²) in [5.74, 6) is -0.194. The molecule has 9 heteroatoms. The van der Waals surface area contributed by atoms with Crippen molar-refractivity contribution in [1.82, 2.24) is 13.3 Å². The van der Waals surface area contributed by atoms with Crippen LogP contribution in [0.4, 0.5) is 0 Å². The standard InChI is InChI=1S/C10H23N3O4S2/c1-12(2)19(16,17)11-7-10-18(14,15)13-8-5-3-4-6-9-13/h11H,3-10H2,1-2H3. The molecule has 1 fully saturated rings. The highest BCUT2D eigenvalue weighted by molar-refractivity contribution is 7.89. The Labute approximate surface area is 116 Å². The summed E-state index contributed by atoms with van der Waals surface area (Å²) < 4.78 is 51.8. The Morgan fingerprint density at radius 2 is 1.53 bits per heavy atom. The van der Waals surface area contributed by atoms with Gasteiger partial charge in [-0.1, -0.05) is 12.8 Å². The van der Waals surface area contributed by atoms with Crippen molar-refractivity contribution >= 4 is 20.2 Å². The molecule has 7 nitrogen and oxygen atoms in total. The lowest BCUT2D eigenvalue weighted by atomic mass is 10.2. The average molecular weight is 313 g/mol. The summed E-state index contributed by atoms with van der Waals surface area (Å²) in [6, 6.07) is 0. The van der Waals surface area contributed by atoms with E-state index in [1.807, 2.05) is 0 Å². The van der Waals surface area contributed by atoms with E-state index in [9.17, 15) is 16.8 Å². The number of nitrogens with zero attached hydrogens (tertiary/aromatic N) is 2. The molecule has 1 saturated heterocycles. The van der Waals surface area contributed by atoms with E-state index in [-0.39, 0.29) is 12.3 Å². The SMILES string of the molecule is CN(C)S(=O)(=O)NCCS(=O)(=O)N1CCCCCC1. The summed E-state index contributed by atoms with van der Waals surface area (Å²) in [4.78, 5) is 0. The Hall–Kier alpha value is -0.220. The van der Waals surface area contributed by atoms with Gasteiger partial charge in [0.2, 0.25) is 10.0 Å². The van der Waals surface area contributed by atoms with Crippen molar-refractivity contribution in [2.75, 3.05) is 39.5 Å². The molecule has 0 saturated carbocycles. The van der Waals surface area contributed by atoms with E-state index in [4.69, 9.17) is 0 Å². The second-order valence-corrected chi connectivity index (χ2v) is 8.87. The number of hydrogen-bond donors (Lipinski definition) is 1. The molecule has 1 heterocycles. The zero-order valence-corrected chi connectivity index (χ0v) is 13.1. The Balaban J connectivity index is 2.51. The second-order valence-electron chi connectivity index (χ2n) is 4.81. The van der Waals surface area contributed by atoms with Crippen molar-refractivity contribution < 1.29 is 16.8 Å². The summed E-state index contributed by atoms with van der Waals surface area (Å²) in [7, 11) is -4.14. The van der Waals surface area contributed by atoms with Crippen LogP contribution in [-0.2, 0) is 20.2 Å². The Morgan fingerprint density at radius 3 is 2.00 bits per heavy atom. The molecule has 0 aromatic heterocycles. The maximum absolute atomic E-state index is 12.1. The molecule has 0 atom stereocenters. The van der Waals surface area contributed by atoms with Crippen molar-refractivity contribution in [3.63, 3.8) is 0 Å². The van der Waals surface area contributed by atoms with Crippen LogP contribution in [0.2, 0.25) is 0 Å². The van der Waals surface area contributed by atoms with Crippen LogP contribution in [0.5, 0.6) is 0 Å². The largest absolute Gasteiger partial charge is 0.278 e. The zero-order chi connectivity index (χ0) is 14.5. The van der Waals surface area contributed by atoms with Gasteiger partial charge in [0.05, 0.1) is 5.75 Å². The van der Waals surface area contributed by atoms with Gasteiger partial charge in [0.15, 0.2) is 0 Å². The quantitative estimate of drug-likeness (QED) is 0.722. The van der Waals surface area contributed by atoms with Gasteiger partial charge in [0.25, 0.3) is 10.2 Å². The van der Waals surface area contributed by atoms with Gasteiger partial charge in [0, 0.05) is 33.7 Å². The van der Waals surface area contributed by atoms with Crippen LogP contribution >= 0.6 is 0 Å². The third kappa shape index (κ3) is 5.35. The molecular formula is C10H23N3O4S2. The maximum atomic E-state index is 12.1. The van der Waals surface area contributed by atoms with E-state index in [1.165, 1.54) is 18.4 Å². The van der Waals surface area contributed by atoms with Crippen molar-refractivity contribution in [2.45, 2.75) is 25.7 Å². The van der Waals surface area contributed by atoms with Gasteiger partial charge in [-0.25, -0.2) is 17.4 Å². The van der Waals surface area contributed by atoms with Gasteiger partial charge in [-0.3, -0.25) is 0 Å². The van der Waals surface area contributed by atoms with E-state index in [1.54, 1.807) is 0 Å². The van der Waals surface area contributed by atoms with Gasteiger partial charge in [0.1, 0.15) is 0 Å². The summed E-state index contributed by atoms with van der Waals surface area (Å²) in [5, 5.41) is 0. The predicted molar refractivity (Wildman–Crippen MR) is 74.4 cm³/mol. The van der Waals surface area contributed by atoms with Crippen LogP contribution in [0, 0.1) is 0 Å². The number of hydrogen-bond acceptors (Lipinski definition) is 4. The molecular weight excluding hydrogens is 290 g/mol. The summed E-state index contributed by atoms with van der Waals surface area (Å²) >= 11 is 0. The van der Waals surface area contributed by atoms with Crippen LogP contribution < -0.4 is 4.72 Å². The molecule has 1 aliphatic rings. The monoisotopic (exact) mass is 313 g/mol. The molecule has 19 heavy (non-hydrogen) atoms. The normalized spacial score (nSPS) is 19.5. The number of sulfonamides is 1. The van der Waals surface area contributed by atoms with E-state index in [0.29, 0.717) is 13.1 Å². The molecule has 1 rings (SSSR count). The molecule has 0 spiro atoms. The highest BCUT2D eigenvalue weighted by atomic mass is 32.2. The molecule has 0 radical (unpaired) electrons. The van der Waals surface area contributed by atoms with Gasteiger partial charge in [-0.05, 0) is 12.8 Å². The van der Waals surface area contributed by atoms with Crippen LogP contribution in [0.1, 0.15) is 25.7 Å². The van der Waals surface area contributed by atoms with E-state index >= 15 is 0 Å². The predicted octanol–water partition coefficient (Wildman–Crippen LogP) is -0.412. The second kappa shape index (κ2) is 6.98. The third-order valence-electron chi connectivity index (χ3n) is 3.08. The average Bonchev–Trinajstić information content (AvgIpc) is 2.57. The molecule has 0 aliphatic carbocycles. The lowest BCUT2D eigenvalue weighted by Crippen LogP contribution is -2.41. The summed E-state index contributed by atoms with van der Waals surface area (Å²) in [6.07, 6.45) is 3.86. The molecule has 1 N–H and O–H groups in total. The molecule has 0 unspecified atom stereocenters. The Morgan fingerprint density at radius 1 is 1.00 bits per heavy atom. The van der Waals surface area contributed by atoms with E-state index < -0.39 is 20.2 Å². The Bertz CT molecular complexity index is 465. The fraction of sp³-hybridized carbons (Fsp3) is 1.00. The van der Waals surface area contributed by atoms with Crippen molar-refractivity contribution in [2.24, 2.45) is 0 Å². The first-order valence-corrected chi connectivity index (χ1v) is 9.45. The first kappa shape index (κ1) is 16.8. The van der Waals surface area contributed by atoms with Crippen LogP contribution in [0.25, 0.3) is 0 Å². The summed E-state index contributed by atoms with van der Waals surface area (Å²) in [5.41, 5.74) is 0. The third-order valence-corrected chi connectivity index (χ3v) is 6.49. The minimum absolute atomic E-state index is 0.0979. The number of nitrogens with one attached hydrogen (secondary N) is 1. The molecule has 1 aliphatic heterocycles. The minimum Gasteiger partial charge on any atom is -0.212 e. The molecule has 0 aromatic carbocycles. The minimum atomic E-state index is -3.56. The summed E-state index contributed by atoms with van der Waals surface area (Å²) in [6.45, 7) is 0.991. The number of rotatable bonds is 6. The zero-order valence-electron chi connectivity index (χ0n) is 11.5. The van der Waals surface area contributed by atoms with Gasteiger partial charge >= 0.3 is 0 Å². The van der Waals surface area contributed by atoms with Crippen LogP contribution in [-0.4, -0.2) is 64.9 Å². The lowest BCUT2D eigenvalue weighted by Gasteiger charge is -2.20. The van der Waals surface area contributed by atoms with Gasteiger partial charge in [-0.15, -0.1) is 0 Å². The lowest BCUT2D eigenvalue weighted by molar-refractivity contribution is 0.423. The smallest absolute Gasteiger partial charge is 0.212 e. The highest BCUT2D eigenvalue weighted by Gasteiger charge is 2.23.